The molecule has 0 unspecified atom stereocenters. The molecular weight excluding hydrogens is 238 g/mol. The lowest BCUT2D eigenvalue weighted by atomic mass is 10.2. The Morgan fingerprint density at radius 1 is 1.37 bits per heavy atom. The molecule has 0 aliphatic heterocycles. The van der Waals surface area contributed by atoms with E-state index in [9.17, 15) is 4.79 Å². The van der Waals surface area contributed by atoms with Gasteiger partial charge in [0.1, 0.15) is 0 Å². The van der Waals surface area contributed by atoms with E-state index in [4.69, 9.17) is 0 Å². The summed E-state index contributed by atoms with van der Waals surface area (Å²) in [7, 11) is 0. The molecule has 19 heavy (non-hydrogen) atoms. The maximum Gasteiger partial charge on any atom is 0.214 e. The van der Waals surface area contributed by atoms with Crippen LogP contribution in [0.4, 0.5) is 5.69 Å². The summed E-state index contributed by atoms with van der Waals surface area (Å²) in [6.07, 6.45) is 7.25. The van der Waals surface area contributed by atoms with E-state index in [1.54, 1.807) is 4.90 Å². The predicted octanol–water partition coefficient (Wildman–Crippen LogP) is 2.69. The Hall–Kier alpha value is -2.10. The van der Waals surface area contributed by atoms with E-state index in [-0.39, 0.29) is 0 Å². The minimum absolute atomic E-state index is 0.520. The fourth-order valence-electron chi connectivity index (χ4n) is 2.13. The molecule has 4 nitrogen and oxygen atoms in total. The molecule has 3 rings (SSSR count). The lowest BCUT2D eigenvalue weighted by molar-refractivity contribution is -0.107. The molecule has 0 atom stereocenters. The van der Waals surface area contributed by atoms with Crippen molar-refractivity contribution in [2.24, 2.45) is 0 Å². The van der Waals surface area contributed by atoms with Crippen molar-refractivity contribution in [3.05, 3.63) is 48.0 Å². The van der Waals surface area contributed by atoms with Crippen LogP contribution in [0.25, 0.3) is 0 Å². The molecule has 98 valence electrons. The van der Waals surface area contributed by atoms with Crippen LogP contribution in [-0.4, -0.2) is 16.0 Å². The van der Waals surface area contributed by atoms with Crippen LogP contribution in [-0.2, 0) is 11.3 Å². The Bertz CT molecular complexity index is 569. The summed E-state index contributed by atoms with van der Waals surface area (Å²) in [5, 5.41) is 0. The molecule has 0 saturated heterocycles. The summed E-state index contributed by atoms with van der Waals surface area (Å²) in [6.45, 7) is 2.55. The van der Waals surface area contributed by atoms with Crippen molar-refractivity contribution in [3.8, 4) is 0 Å². The molecular formula is C15H17N3O. The molecule has 0 radical (unpaired) electrons. The fraction of sp³-hybridized carbons (Fsp3) is 0.333. The van der Waals surface area contributed by atoms with Gasteiger partial charge in [-0.25, -0.2) is 4.98 Å². The number of aromatic nitrogens is 2. The first-order chi connectivity index (χ1) is 9.26. The highest BCUT2D eigenvalue weighted by Gasteiger charge is 2.23. The summed E-state index contributed by atoms with van der Waals surface area (Å²) >= 11 is 0. The van der Waals surface area contributed by atoms with Gasteiger partial charge in [-0.1, -0.05) is 17.7 Å². The van der Waals surface area contributed by atoms with Crippen LogP contribution < -0.4 is 4.90 Å². The first kappa shape index (κ1) is 12.0. The minimum atomic E-state index is 0.520. The number of aryl methyl sites for hydroxylation is 1. The first-order valence-corrected chi connectivity index (χ1v) is 6.57. The number of carbonyl (C=O) groups excluding carboxylic acids is 1. The van der Waals surface area contributed by atoms with Gasteiger partial charge in [-0.3, -0.25) is 4.79 Å². The second-order valence-corrected chi connectivity index (χ2v) is 5.11. The molecule has 0 spiro atoms. The third kappa shape index (κ3) is 2.67. The number of benzene rings is 1. The maximum absolute atomic E-state index is 11.2. The van der Waals surface area contributed by atoms with Crippen molar-refractivity contribution in [1.82, 2.24) is 9.55 Å². The zero-order valence-corrected chi connectivity index (χ0v) is 11.0. The van der Waals surface area contributed by atoms with Crippen molar-refractivity contribution in [2.45, 2.75) is 32.4 Å². The Labute approximate surface area is 112 Å². The first-order valence-electron chi connectivity index (χ1n) is 6.57. The van der Waals surface area contributed by atoms with Crippen molar-refractivity contribution in [2.75, 3.05) is 4.90 Å². The number of anilines is 1. The average Bonchev–Trinajstić information content (AvgIpc) is 3.17. The van der Waals surface area contributed by atoms with Crippen molar-refractivity contribution in [1.29, 1.82) is 0 Å². The quantitative estimate of drug-likeness (QED) is 0.770. The van der Waals surface area contributed by atoms with Crippen LogP contribution in [0.1, 0.15) is 30.1 Å². The van der Waals surface area contributed by atoms with Gasteiger partial charge in [0.25, 0.3) is 0 Å². The molecule has 1 aromatic carbocycles. The Balaban J connectivity index is 1.74. The number of carbonyl (C=O) groups is 1. The lowest BCUT2D eigenvalue weighted by Gasteiger charge is -2.16. The van der Waals surface area contributed by atoms with Gasteiger partial charge in [-0.05, 0) is 31.9 Å². The highest BCUT2D eigenvalue weighted by atomic mass is 16.1. The predicted molar refractivity (Wildman–Crippen MR) is 73.9 cm³/mol. The summed E-state index contributed by atoms with van der Waals surface area (Å²) in [4.78, 5) is 17.3. The van der Waals surface area contributed by atoms with Crippen molar-refractivity contribution in [3.63, 3.8) is 0 Å². The van der Waals surface area contributed by atoms with Crippen molar-refractivity contribution < 1.29 is 4.79 Å². The van der Waals surface area contributed by atoms with Gasteiger partial charge in [0.15, 0.2) is 0 Å². The molecule has 1 aromatic heterocycles. The van der Waals surface area contributed by atoms with Crippen LogP contribution in [0.15, 0.2) is 36.8 Å². The van der Waals surface area contributed by atoms with Crippen LogP contribution in [0.2, 0.25) is 0 Å². The van der Waals surface area contributed by atoms with Gasteiger partial charge in [-0.2, -0.15) is 0 Å². The van der Waals surface area contributed by atoms with Gasteiger partial charge in [0, 0.05) is 17.9 Å². The average molecular weight is 255 g/mol. The SMILES string of the molecule is Cc1ccc(N(C=O)Cc2cn(C3CC3)cn2)cc1. The molecule has 0 bridgehead atoms. The van der Waals surface area contributed by atoms with Crippen molar-refractivity contribution >= 4 is 12.1 Å². The van der Waals surface area contributed by atoms with Gasteiger partial charge < -0.3 is 9.47 Å². The minimum Gasteiger partial charge on any atom is -0.334 e. The standard InChI is InChI=1S/C15H17N3O/c1-12-2-4-15(5-3-12)18(11-19)9-13-8-17(10-16-13)14-6-7-14/h2-5,8,10-11,14H,6-7,9H2,1H3. The number of amides is 1. The number of hydrogen-bond donors (Lipinski definition) is 0. The molecule has 1 aliphatic carbocycles. The summed E-state index contributed by atoms with van der Waals surface area (Å²) in [6, 6.07) is 8.57. The molecule has 4 heteroatoms. The van der Waals surface area contributed by atoms with E-state index in [0.29, 0.717) is 12.6 Å². The number of hydrogen-bond acceptors (Lipinski definition) is 2. The number of imidazole rings is 1. The number of nitrogens with zero attached hydrogens (tertiary/aromatic N) is 3. The molecule has 1 fully saturated rings. The second-order valence-electron chi connectivity index (χ2n) is 5.11. The van der Waals surface area contributed by atoms with Gasteiger partial charge in [-0.15, -0.1) is 0 Å². The molecule has 1 aliphatic rings. The smallest absolute Gasteiger partial charge is 0.214 e. The van der Waals surface area contributed by atoms with E-state index in [1.807, 2.05) is 43.7 Å². The molecule has 1 saturated carbocycles. The Morgan fingerprint density at radius 2 is 2.11 bits per heavy atom. The zero-order chi connectivity index (χ0) is 13.2. The zero-order valence-electron chi connectivity index (χ0n) is 11.0. The Morgan fingerprint density at radius 3 is 2.74 bits per heavy atom. The normalized spacial score (nSPS) is 14.4. The van der Waals surface area contributed by atoms with Crippen LogP contribution >= 0.6 is 0 Å². The molecule has 1 heterocycles. The lowest BCUT2D eigenvalue weighted by Crippen LogP contribution is -2.20. The summed E-state index contributed by atoms with van der Waals surface area (Å²) in [5.41, 5.74) is 3.02. The van der Waals surface area contributed by atoms with Gasteiger partial charge in [0.2, 0.25) is 6.41 Å². The maximum atomic E-state index is 11.2. The van der Waals surface area contributed by atoms with E-state index in [2.05, 4.69) is 9.55 Å². The monoisotopic (exact) mass is 255 g/mol. The molecule has 1 amide bonds. The highest BCUT2D eigenvalue weighted by Crippen LogP contribution is 2.34. The van der Waals surface area contributed by atoms with E-state index < -0.39 is 0 Å². The number of rotatable bonds is 5. The highest BCUT2D eigenvalue weighted by molar-refractivity contribution is 5.74. The molecule has 0 N–H and O–H groups in total. The van der Waals surface area contributed by atoms with Gasteiger partial charge in [0.05, 0.1) is 18.6 Å². The van der Waals surface area contributed by atoms with Crippen LogP contribution in [0.3, 0.4) is 0 Å². The Kier molecular flexibility index (Phi) is 3.07. The van der Waals surface area contributed by atoms with E-state index >= 15 is 0 Å². The summed E-state index contributed by atoms with van der Waals surface area (Å²) < 4.78 is 2.15. The second kappa shape index (κ2) is 4.88. The van der Waals surface area contributed by atoms with Crippen LogP contribution in [0.5, 0.6) is 0 Å². The third-order valence-electron chi connectivity index (χ3n) is 3.45. The molecule has 2 aromatic rings. The van der Waals surface area contributed by atoms with Gasteiger partial charge >= 0.3 is 0 Å². The van der Waals surface area contributed by atoms with E-state index in [1.165, 1.54) is 18.4 Å². The summed E-state index contributed by atoms with van der Waals surface area (Å²) in [5.74, 6) is 0. The van der Waals surface area contributed by atoms with E-state index in [0.717, 1.165) is 17.8 Å². The third-order valence-corrected chi connectivity index (χ3v) is 3.45. The topological polar surface area (TPSA) is 38.1 Å². The fourth-order valence-corrected chi connectivity index (χ4v) is 2.13. The largest absolute Gasteiger partial charge is 0.334 e. The van der Waals surface area contributed by atoms with Crippen LogP contribution in [0, 0.1) is 6.92 Å².